The summed E-state index contributed by atoms with van der Waals surface area (Å²) >= 11 is 0. The van der Waals surface area contributed by atoms with Gasteiger partial charge >= 0.3 is 0 Å². The van der Waals surface area contributed by atoms with Crippen LogP contribution < -0.4 is 15.0 Å². The van der Waals surface area contributed by atoms with E-state index in [1.54, 1.807) is 13.0 Å². The number of fused-ring (bicyclic) bond motifs is 1. The van der Waals surface area contributed by atoms with Gasteiger partial charge in [-0.05, 0) is 61.9 Å². The van der Waals surface area contributed by atoms with Crippen LogP contribution in [0.4, 0.5) is 0 Å². The maximum Gasteiger partial charge on any atom is 0.267 e. The quantitative estimate of drug-likeness (QED) is 0.599. The number of amides is 1. The van der Waals surface area contributed by atoms with Crippen molar-refractivity contribution in [2.75, 3.05) is 19.9 Å². The lowest BCUT2D eigenvalue weighted by Crippen LogP contribution is -2.44. The summed E-state index contributed by atoms with van der Waals surface area (Å²) in [6, 6.07) is 18.5. The Morgan fingerprint density at radius 3 is 2.58 bits per heavy atom. The number of hydrogen-bond acceptors (Lipinski definition) is 5. The summed E-state index contributed by atoms with van der Waals surface area (Å²) in [5, 5.41) is 4.51. The van der Waals surface area contributed by atoms with Crippen LogP contribution in [-0.4, -0.2) is 40.5 Å². The fourth-order valence-corrected chi connectivity index (χ4v) is 4.59. The smallest absolute Gasteiger partial charge is 0.267 e. The zero-order valence-corrected chi connectivity index (χ0v) is 18.6. The average Bonchev–Trinajstić information content (AvgIpc) is 3.33. The van der Waals surface area contributed by atoms with E-state index in [1.165, 1.54) is 16.3 Å². The summed E-state index contributed by atoms with van der Waals surface area (Å²) in [7, 11) is 0. The number of hydrogen-bond donors (Lipinski definition) is 0. The van der Waals surface area contributed by atoms with Gasteiger partial charge < -0.3 is 14.4 Å². The fourth-order valence-electron chi connectivity index (χ4n) is 4.59. The number of likely N-dealkylation sites (tertiary alicyclic amines) is 1. The molecule has 2 aliphatic heterocycles. The van der Waals surface area contributed by atoms with Gasteiger partial charge in [-0.3, -0.25) is 9.59 Å². The van der Waals surface area contributed by atoms with Crippen LogP contribution in [0.3, 0.4) is 0 Å². The minimum Gasteiger partial charge on any atom is -0.454 e. The van der Waals surface area contributed by atoms with E-state index in [0.29, 0.717) is 36.2 Å². The van der Waals surface area contributed by atoms with Gasteiger partial charge in [-0.25, -0.2) is 4.68 Å². The number of ether oxygens (including phenoxy) is 2. The van der Waals surface area contributed by atoms with Crippen LogP contribution in [0.1, 0.15) is 31.4 Å². The molecule has 3 aromatic rings. The van der Waals surface area contributed by atoms with Gasteiger partial charge in [0.15, 0.2) is 11.5 Å². The van der Waals surface area contributed by atoms with Crippen LogP contribution in [-0.2, 0) is 11.2 Å². The molecule has 1 aromatic heterocycles. The van der Waals surface area contributed by atoms with E-state index in [0.717, 1.165) is 24.8 Å². The molecule has 0 bridgehead atoms. The van der Waals surface area contributed by atoms with Crippen molar-refractivity contribution in [1.29, 1.82) is 0 Å². The number of carbonyl (C=O) groups is 1. The fraction of sp³-hybridized carbons (Fsp3) is 0.346. The normalized spacial score (nSPS) is 16.6. The number of rotatable bonds is 5. The third kappa shape index (κ3) is 4.49. The monoisotopic (exact) mass is 445 g/mol. The van der Waals surface area contributed by atoms with Gasteiger partial charge in [-0.15, -0.1) is 0 Å². The second kappa shape index (κ2) is 9.10. The number of carbonyl (C=O) groups excluding carboxylic acids is 1. The van der Waals surface area contributed by atoms with E-state index in [-0.39, 0.29) is 18.3 Å². The summed E-state index contributed by atoms with van der Waals surface area (Å²) < 4.78 is 12.1. The molecule has 1 atom stereocenters. The number of nitrogens with zero attached hydrogens (tertiary/aromatic N) is 3. The molecule has 7 nitrogen and oxygen atoms in total. The molecule has 1 saturated heterocycles. The predicted octanol–water partition coefficient (Wildman–Crippen LogP) is 3.68. The van der Waals surface area contributed by atoms with E-state index >= 15 is 0 Å². The highest BCUT2D eigenvalue weighted by Gasteiger charge is 2.28. The first-order valence-electron chi connectivity index (χ1n) is 11.4. The molecule has 2 aliphatic rings. The van der Waals surface area contributed by atoms with Crippen molar-refractivity contribution in [3.8, 4) is 22.8 Å². The van der Waals surface area contributed by atoms with Crippen molar-refractivity contribution >= 4 is 5.91 Å². The Morgan fingerprint density at radius 2 is 1.79 bits per heavy atom. The van der Waals surface area contributed by atoms with Crippen molar-refractivity contribution in [3.05, 3.63) is 76.6 Å². The van der Waals surface area contributed by atoms with Gasteiger partial charge in [0.25, 0.3) is 5.56 Å². The van der Waals surface area contributed by atoms with E-state index < -0.39 is 6.04 Å². The first kappa shape index (κ1) is 21.2. The molecule has 170 valence electrons. The van der Waals surface area contributed by atoms with Crippen LogP contribution in [0.2, 0.25) is 0 Å². The van der Waals surface area contributed by atoms with E-state index in [1.807, 2.05) is 29.2 Å². The van der Waals surface area contributed by atoms with E-state index in [4.69, 9.17) is 9.47 Å². The molecule has 1 fully saturated rings. The molecular formula is C26H27N3O4. The molecule has 0 radical (unpaired) electrons. The van der Waals surface area contributed by atoms with Crippen molar-refractivity contribution in [2.45, 2.75) is 32.2 Å². The molecule has 0 N–H and O–H groups in total. The Morgan fingerprint density at radius 1 is 1.03 bits per heavy atom. The van der Waals surface area contributed by atoms with E-state index in [9.17, 15) is 9.59 Å². The first-order valence-corrected chi connectivity index (χ1v) is 11.4. The van der Waals surface area contributed by atoms with E-state index in [2.05, 4.69) is 29.4 Å². The SMILES string of the molecule is CC(C(=O)N1CCC(Cc2ccccc2)CC1)n1nc(-c2ccc3c(c2)OCO3)ccc1=O. The molecule has 0 spiro atoms. The number of piperidine rings is 1. The summed E-state index contributed by atoms with van der Waals surface area (Å²) in [6.07, 6.45) is 2.97. The van der Waals surface area contributed by atoms with Crippen molar-refractivity contribution in [1.82, 2.24) is 14.7 Å². The summed E-state index contributed by atoms with van der Waals surface area (Å²) in [5.74, 6) is 1.84. The number of benzene rings is 2. The molecule has 5 rings (SSSR count). The Hall–Kier alpha value is -3.61. The minimum atomic E-state index is -0.669. The Balaban J connectivity index is 1.27. The largest absolute Gasteiger partial charge is 0.454 e. The van der Waals surface area contributed by atoms with Gasteiger partial charge in [-0.1, -0.05) is 30.3 Å². The third-order valence-electron chi connectivity index (χ3n) is 6.51. The van der Waals surface area contributed by atoms with Gasteiger partial charge in [0.1, 0.15) is 6.04 Å². The van der Waals surface area contributed by atoms with Crippen LogP contribution in [0.5, 0.6) is 11.5 Å². The second-order valence-corrected chi connectivity index (χ2v) is 8.70. The zero-order chi connectivity index (χ0) is 22.8. The van der Waals surface area contributed by atoms with Crippen LogP contribution in [0.15, 0.2) is 65.5 Å². The highest BCUT2D eigenvalue weighted by atomic mass is 16.7. The molecule has 33 heavy (non-hydrogen) atoms. The highest BCUT2D eigenvalue weighted by molar-refractivity contribution is 5.80. The van der Waals surface area contributed by atoms with Gasteiger partial charge in [0.2, 0.25) is 12.7 Å². The third-order valence-corrected chi connectivity index (χ3v) is 6.51. The van der Waals surface area contributed by atoms with Gasteiger partial charge in [0, 0.05) is 24.7 Å². The maximum absolute atomic E-state index is 13.2. The van der Waals surface area contributed by atoms with Crippen LogP contribution >= 0.6 is 0 Å². The number of aromatic nitrogens is 2. The molecule has 1 unspecified atom stereocenters. The highest BCUT2D eigenvalue weighted by Crippen LogP contribution is 2.35. The zero-order valence-electron chi connectivity index (χ0n) is 18.6. The lowest BCUT2D eigenvalue weighted by molar-refractivity contribution is -0.136. The minimum absolute atomic E-state index is 0.0643. The maximum atomic E-state index is 13.2. The van der Waals surface area contributed by atoms with Crippen molar-refractivity contribution in [2.24, 2.45) is 5.92 Å². The van der Waals surface area contributed by atoms with Crippen molar-refractivity contribution in [3.63, 3.8) is 0 Å². The molecule has 0 aliphatic carbocycles. The molecule has 0 saturated carbocycles. The Kier molecular flexibility index (Phi) is 5.86. The summed E-state index contributed by atoms with van der Waals surface area (Å²) in [5.41, 5.74) is 2.45. The predicted molar refractivity (Wildman–Crippen MR) is 124 cm³/mol. The average molecular weight is 446 g/mol. The molecule has 2 aromatic carbocycles. The molecule has 1 amide bonds. The summed E-state index contributed by atoms with van der Waals surface area (Å²) in [4.78, 5) is 27.6. The van der Waals surface area contributed by atoms with Crippen LogP contribution in [0, 0.1) is 5.92 Å². The topological polar surface area (TPSA) is 73.7 Å². The summed E-state index contributed by atoms with van der Waals surface area (Å²) in [6.45, 7) is 3.35. The Labute approximate surface area is 192 Å². The van der Waals surface area contributed by atoms with Gasteiger partial charge in [0.05, 0.1) is 5.69 Å². The second-order valence-electron chi connectivity index (χ2n) is 8.70. The molecular weight excluding hydrogens is 418 g/mol. The lowest BCUT2D eigenvalue weighted by Gasteiger charge is -2.33. The van der Waals surface area contributed by atoms with Gasteiger partial charge in [-0.2, -0.15) is 5.10 Å². The lowest BCUT2D eigenvalue weighted by atomic mass is 9.90. The first-order chi connectivity index (χ1) is 16.1. The standard InChI is InChI=1S/C26H27N3O4/c1-18(26(31)28-13-11-20(12-14-28)15-19-5-3-2-4-6-19)29-25(30)10-8-22(27-29)21-7-9-23-24(16-21)33-17-32-23/h2-10,16,18,20H,11-15,17H2,1H3. The molecule has 7 heteroatoms. The van der Waals surface area contributed by atoms with Crippen LogP contribution in [0.25, 0.3) is 11.3 Å². The molecule has 3 heterocycles. The van der Waals surface area contributed by atoms with Crippen molar-refractivity contribution < 1.29 is 14.3 Å². The Bertz CT molecular complexity index is 1200.